The summed E-state index contributed by atoms with van der Waals surface area (Å²) in [4.78, 5) is 12.0. The molecule has 1 aromatic carbocycles. The van der Waals surface area contributed by atoms with E-state index in [9.17, 15) is 9.00 Å². The van der Waals surface area contributed by atoms with Crippen LogP contribution >= 0.6 is 23.2 Å². The number of halogens is 2. The van der Waals surface area contributed by atoms with E-state index in [2.05, 4.69) is 0 Å². The quantitative estimate of drug-likeness (QED) is 0.791. The van der Waals surface area contributed by atoms with Gasteiger partial charge in [0, 0.05) is 26.6 Å². The third kappa shape index (κ3) is 3.34. The molecule has 0 N–H and O–H groups in total. The Hall–Kier alpha value is -0.380. The van der Waals surface area contributed by atoms with Crippen LogP contribution in [0.3, 0.4) is 0 Å². The summed E-state index contributed by atoms with van der Waals surface area (Å²) in [5, 5.41) is 1.01. The molecule has 1 aliphatic carbocycles. The predicted octanol–water partition coefficient (Wildman–Crippen LogP) is 3.87. The van der Waals surface area contributed by atoms with Crippen LogP contribution in [0.1, 0.15) is 36.0 Å². The fourth-order valence-electron chi connectivity index (χ4n) is 2.19. The highest BCUT2D eigenvalue weighted by Crippen LogP contribution is 2.25. The molecule has 2 nitrogen and oxygen atoms in total. The Kier molecular flexibility index (Phi) is 4.82. The van der Waals surface area contributed by atoms with Gasteiger partial charge in [-0.3, -0.25) is 9.00 Å². The molecule has 0 spiro atoms. The van der Waals surface area contributed by atoms with Crippen molar-refractivity contribution in [2.24, 2.45) is 0 Å². The maximum absolute atomic E-state index is 12.0. The van der Waals surface area contributed by atoms with Crippen LogP contribution in [-0.2, 0) is 10.8 Å². The molecule has 5 heteroatoms. The molecule has 1 aromatic rings. The molecule has 1 atom stereocenters. The third-order valence-corrected chi connectivity index (χ3v) is 5.50. The van der Waals surface area contributed by atoms with Crippen LogP contribution in [0.15, 0.2) is 18.2 Å². The lowest BCUT2D eigenvalue weighted by Gasteiger charge is -2.09. The van der Waals surface area contributed by atoms with Crippen LogP contribution < -0.4 is 0 Å². The minimum atomic E-state index is -1.09. The van der Waals surface area contributed by atoms with Gasteiger partial charge in [-0.1, -0.05) is 36.0 Å². The zero-order valence-corrected chi connectivity index (χ0v) is 12.2. The van der Waals surface area contributed by atoms with E-state index in [1.165, 1.54) is 6.07 Å². The molecule has 98 valence electrons. The van der Waals surface area contributed by atoms with Crippen molar-refractivity contribution in [3.8, 4) is 0 Å². The van der Waals surface area contributed by atoms with Crippen LogP contribution in [0.4, 0.5) is 0 Å². The largest absolute Gasteiger partial charge is 0.293 e. The molecular formula is C13H14Cl2O2S. The van der Waals surface area contributed by atoms with Gasteiger partial charge in [0.25, 0.3) is 0 Å². The summed E-state index contributed by atoms with van der Waals surface area (Å²) in [6, 6.07) is 4.77. The Morgan fingerprint density at radius 1 is 1.28 bits per heavy atom. The van der Waals surface area contributed by atoms with Crippen molar-refractivity contribution in [3.63, 3.8) is 0 Å². The molecule has 1 unspecified atom stereocenters. The zero-order valence-electron chi connectivity index (χ0n) is 9.83. The summed E-state index contributed by atoms with van der Waals surface area (Å²) in [5.41, 5.74) is 0.371. The lowest BCUT2D eigenvalue weighted by atomic mass is 10.1. The molecule has 2 rings (SSSR count). The molecule has 0 aromatic heterocycles. The Bertz CT molecular complexity index is 482. The van der Waals surface area contributed by atoms with Gasteiger partial charge in [-0.15, -0.1) is 0 Å². The van der Waals surface area contributed by atoms with Gasteiger partial charge in [0.15, 0.2) is 5.78 Å². The highest BCUT2D eigenvalue weighted by atomic mass is 35.5. The van der Waals surface area contributed by atoms with Crippen molar-refractivity contribution in [3.05, 3.63) is 33.8 Å². The third-order valence-electron chi connectivity index (χ3n) is 3.18. The van der Waals surface area contributed by atoms with Gasteiger partial charge in [0.2, 0.25) is 0 Å². The standard InChI is InChI=1S/C13H14Cl2O2S/c14-9-5-6-12(15)11(7-9)13(16)8-18(17)10-3-1-2-4-10/h5-7,10H,1-4,8H2. The summed E-state index contributed by atoms with van der Waals surface area (Å²) >= 11 is 11.8. The summed E-state index contributed by atoms with van der Waals surface area (Å²) in [5.74, 6) is -0.141. The molecule has 1 aliphatic rings. The molecule has 1 saturated carbocycles. The Morgan fingerprint density at radius 2 is 1.94 bits per heavy atom. The lowest BCUT2D eigenvalue weighted by Crippen LogP contribution is -2.20. The van der Waals surface area contributed by atoms with Crippen LogP contribution in [0.5, 0.6) is 0 Å². The first-order valence-electron chi connectivity index (χ1n) is 5.93. The van der Waals surface area contributed by atoms with E-state index in [-0.39, 0.29) is 16.8 Å². The average Bonchev–Trinajstić information content (AvgIpc) is 2.85. The Labute approximate surface area is 119 Å². The fraction of sp³-hybridized carbons (Fsp3) is 0.462. The SMILES string of the molecule is O=C(CS(=O)C1CCCC1)c1cc(Cl)ccc1Cl. The highest BCUT2D eigenvalue weighted by molar-refractivity contribution is 7.86. The Morgan fingerprint density at radius 3 is 2.61 bits per heavy atom. The van der Waals surface area contributed by atoms with Gasteiger partial charge < -0.3 is 0 Å². The maximum Gasteiger partial charge on any atom is 0.176 e. The van der Waals surface area contributed by atoms with Crippen molar-refractivity contribution >= 4 is 39.8 Å². The molecule has 18 heavy (non-hydrogen) atoms. The lowest BCUT2D eigenvalue weighted by molar-refractivity contribution is 0.102. The number of benzene rings is 1. The number of carbonyl (C=O) groups excluding carboxylic acids is 1. The van der Waals surface area contributed by atoms with E-state index in [4.69, 9.17) is 23.2 Å². The minimum absolute atomic E-state index is 0.0464. The fourth-order valence-corrected chi connectivity index (χ4v) is 4.09. The van der Waals surface area contributed by atoms with Crippen molar-refractivity contribution in [1.29, 1.82) is 0 Å². The van der Waals surface area contributed by atoms with E-state index in [1.807, 2.05) is 0 Å². The van der Waals surface area contributed by atoms with Gasteiger partial charge in [0.05, 0.1) is 10.8 Å². The maximum atomic E-state index is 12.0. The van der Waals surface area contributed by atoms with Gasteiger partial charge >= 0.3 is 0 Å². The number of rotatable bonds is 4. The zero-order chi connectivity index (χ0) is 13.1. The summed E-state index contributed by atoms with van der Waals surface area (Å²) in [6.07, 6.45) is 4.15. The number of hydrogen-bond acceptors (Lipinski definition) is 2. The van der Waals surface area contributed by atoms with Crippen LogP contribution in [0, 0.1) is 0 Å². The second-order valence-corrected chi connectivity index (χ2v) is 7.04. The van der Waals surface area contributed by atoms with E-state index >= 15 is 0 Å². The van der Waals surface area contributed by atoms with E-state index in [0.717, 1.165) is 25.7 Å². The van der Waals surface area contributed by atoms with Crippen LogP contribution in [0.25, 0.3) is 0 Å². The molecule has 0 amide bonds. The van der Waals surface area contributed by atoms with Gasteiger partial charge in [0.1, 0.15) is 0 Å². The molecule has 1 fully saturated rings. The van der Waals surface area contributed by atoms with Gasteiger partial charge in [-0.2, -0.15) is 0 Å². The summed E-state index contributed by atoms with van der Waals surface area (Å²) in [7, 11) is -1.09. The van der Waals surface area contributed by atoms with Crippen molar-refractivity contribution in [2.45, 2.75) is 30.9 Å². The second kappa shape index (κ2) is 6.18. The smallest absolute Gasteiger partial charge is 0.176 e. The molecule has 0 aliphatic heterocycles. The van der Waals surface area contributed by atoms with E-state index < -0.39 is 10.8 Å². The predicted molar refractivity (Wildman–Crippen MR) is 76.1 cm³/mol. The van der Waals surface area contributed by atoms with E-state index in [0.29, 0.717) is 15.6 Å². The number of Topliss-reactive ketones (excluding diaryl/α,β-unsaturated/α-hetero) is 1. The normalized spacial score (nSPS) is 17.9. The highest BCUT2D eigenvalue weighted by Gasteiger charge is 2.24. The number of hydrogen-bond donors (Lipinski definition) is 0. The molecule has 0 heterocycles. The van der Waals surface area contributed by atoms with Crippen LogP contribution in [-0.4, -0.2) is 21.0 Å². The van der Waals surface area contributed by atoms with Crippen molar-refractivity contribution < 1.29 is 9.00 Å². The first kappa shape index (κ1) is 14.0. The first-order valence-corrected chi connectivity index (χ1v) is 8.07. The topological polar surface area (TPSA) is 34.1 Å². The first-order chi connectivity index (χ1) is 8.58. The summed E-state index contributed by atoms with van der Waals surface area (Å²) < 4.78 is 12.0. The van der Waals surface area contributed by atoms with Crippen LogP contribution in [0.2, 0.25) is 10.0 Å². The molecular weight excluding hydrogens is 291 g/mol. The number of carbonyl (C=O) groups is 1. The molecule has 0 radical (unpaired) electrons. The monoisotopic (exact) mass is 304 g/mol. The minimum Gasteiger partial charge on any atom is -0.293 e. The van der Waals surface area contributed by atoms with E-state index in [1.54, 1.807) is 12.1 Å². The second-order valence-electron chi connectivity index (χ2n) is 4.48. The van der Waals surface area contributed by atoms with Gasteiger partial charge in [-0.25, -0.2) is 0 Å². The van der Waals surface area contributed by atoms with Crippen molar-refractivity contribution in [2.75, 3.05) is 5.75 Å². The van der Waals surface area contributed by atoms with Crippen molar-refractivity contribution in [1.82, 2.24) is 0 Å². The average molecular weight is 305 g/mol. The number of ketones is 1. The Balaban J connectivity index is 2.07. The molecule has 0 bridgehead atoms. The summed E-state index contributed by atoms with van der Waals surface area (Å²) in [6.45, 7) is 0. The van der Waals surface area contributed by atoms with Gasteiger partial charge in [-0.05, 0) is 31.0 Å². The molecule has 0 saturated heterocycles.